The first-order valence-electron chi connectivity index (χ1n) is 7.85. The first-order chi connectivity index (χ1) is 10.9. The van der Waals surface area contributed by atoms with Gasteiger partial charge >= 0.3 is 0 Å². The Morgan fingerprint density at radius 1 is 0.409 bits per heavy atom. The number of quaternary nitrogens is 1. The van der Waals surface area contributed by atoms with E-state index in [9.17, 15) is 0 Å². The van der Waals surface area contributed by atoms with Gasteiger partial charge in [-0.15, -0.1) is 0 Å². The molecule has 0 aliphatic rings. The molecule has 3 rings (SSSR count). The van der Waals surface area contributed by atoms with E-state index in [1.165, 1.54) is 16.7 Å². The van der Waals surface area contributed by atoms with E-state index in [0.717, 1.165) is 19.6 Å². The van der Waals surface area contributed by atoms with Crippen LogP contribution in [0.2, 0.25) is 0 Å². The Hall–Kier alpha value is -2.38. The van der Waals surface area contributed by atoms with Crippen LogP contribution in [0.15, 0.2) is 91.0 Å². The molecule has 0 spiro atoms. The topological polar surface area (TPSA) is 4.44 Å². The van der Waals surface area contributed by atoms with E-state index in [1.807, 2.05) is 0 Å². The lowest BCUT2D eigenvalue weighted by Crippen LogP contribution is -3.08. The third-order valence-corrected chi connectivity index (χ3v) is 3.89. The molecular formula is C21H22N+. The van der Waals surface area contributed by atoms with Crippen molar-refractivity contribution in [1.82, 2.24) is 0 Å². The predicted octanol–water partition coefficient (Wildman–Crippen LogP) is 3.47. The van der Waals surface area contributed by atoms with Crippen LogP contribution in [-0.2, 0) is 19.6 Å². The summed E-state index contributed by atoms with van der Waals surface area (Å²) in [5.74, 6) is 0. The van der Waals surface area contributed by atoms with Crippen LogP contribution in [0, 0.1) is 0 Å². The highest BCUT2D eigenvalue weighted by Crippen LogP contribution is 2.01. The highest BCUT2D eigenvalue weighted by molar-refractivity contribution is 5.16. The second kappa shape index (κ2) is 7.58. The zero-order valence-electron chi connectivity index (χ0n) is 12.8. The molecule has 0 fully saturated rings. The Labute approximate surface area is 132 Å². The van der Waals surface area contributed by atoms with E-state index in [-0.39, 0.29) is 0 Å². The van der Waals surface area contributed by atoms with Crippen LogP contribution in [-0.4, -0.2) is 0 Å². The van der Waals surface area contributed by atoms with Gasteiger partial charge in [0, 0.05) is 16.7 Å². The van der Waals surface area contributed by atoms with Gasteiger partial charge in [-0.05, 0) is 0 Å². The quantitative estimate of drug-likeness (QED) is 0.708. The van der Waals surface area contributed by atoms with Crippen molar-refractivity contribution in [3.05, 3.63) is 108 Å². The molecule has 0 bridgehead atoms. The molecule has 0 aromatic heterocycles. The number of benzene rings is 3. The molecular weight excluding hydrogens is 266 g/mol. The van der Waals surface area contributed by atoms with Gasteiger partial charge in [0.2, 0.25) is 0 Å². The molecule has 0 saturated carbocycles. The van der Waals surface area contributed by atoms with E-state index in [2.05, 4.69) is 91.0 Å². The molecule has 0 radical (unpaired) electrons. The van der Waals surface area contributed by atoms with Crippen molar-refractivity contribution in [2.45, 2.75) is 19.6 Å². The molecule has 0 heterocycles. The van der Waals surface area contributed by atoms with Crippen molar-refractivity contribution in [1.29, 1.82) is 0 Å². The summed E-state index contributed by atoms with van der Waals surface area (Å²) in [6.07, 6.45) is 0. The lowest BCUT2D eigenvalue weighted by molar-refractivity contribution is -0.941. The maximum atomic E-state index is 2.22. The van der Waals surface area contributed by atoms with Gasteiger partial charge < -0.3 is 4.90 Å². The van der Waals surface area contributed by atoms with Crippen LogP contribution in [0.1, 0.15) is 16.7 Å². The summed E-state index contributed by atoms with van der Waals surface area (Å²) in [5, 5.41) is 0. The summed E-state index contributed by atoms with van der Waals surface area (Å²) < 4.78 is 0. The highest BCUT2D eigenvalue weighted by Gasteiger charge is 2.11. The molecule has 22 heavy (non-hydrogen) atoms. The Bertz CT molecular complexity index is 563. The average Bonchev–Trinajstić information content (AvgIpc) is 2.57. The van der Waals surface area contributed by atoms with Crippen molar-refractivity contribution in [2.75, 3.05) is 0 Å². The lowest BCUT2D eigenvalue weighted by Gasteiger charge is -2.20. The average molecular weight is 288 g/mol. The predicted molar refractivity (Wildman–Crippen MR) is 91.4 cm³/mol. The van der Waals surface area contributed by atoms with Crippen LogP contribution in [0.3, 0.4) is 0 Å². The molecule has 3 aromatic carbocycles. The van der Waals surface area contributed by atoms with Gasteiger partial charge in [-0.2, -0.15) is 0 Å². The van der Waals surface area contributed by atoms with E-state index in [4.69, 9.17) is 0 Å². The second-order valence-corrected chi connectivity index (χ2v) is 5.74. The van der Waals surface area contributed by atoms with Crippen LogP contribution in [0.4, 0.5) is 0 Å². The fourth-order valence-corrected chi connectivity index (χ4v) is 2.84. The van der Waals surface area contributed by atoms with Gasteiger partial charge in [0.15, 0.2) is 0 Å². The summed E-state index contributed by atoms with van der Waals surface area (Å²) in [7, 11) is 0. The van der Waals surface area contributed by atoms with Gasteiger partial charge in [0.05, 0.1) is 0 Å². The Morgan fingerprint density at radius 2 is 0.682 bits per heavy atom. The normalized spacial score (nSPS) is 10.8. The van der Waals surface area contributed by atoms with E-state index in [1.54, 1.807) is 4.90 Å². The molecule has 0 aliphatic heterocycles. The van der Waals surface area contributed by atoms with Gasteiger partial charge in [0.1, 0.15) is 19.6 Å². The molecule has 0 amide bonds. The molecule has 0 saturated heterocycles. The summed E-state index contributed by atoms with van der Waals surface area (Å²) in [6.45, 7) is 3.14. The van der Waals surface area contributed by atoms with Crippen molar-refractivity contribution in [3.8, 4) is 0 Å². The number of hydrogen-bond acceptors (Lipinski definition) is 0. The third-order valence-electron chi connectivity index (χ3n) is 3.89. The standard InChI is InChI=1S/C21H21N/c1-4-10-19(11-5-1)16-22(17-20-12-6-2-7-13-20)18-21-14-8-3-9-15-21/h1-15H,16-18H2/p+1. The lowest BCUT2D eigenvalue weighted by atomic mass is 10.1. The smallest absolute Gasteiger partial charge is 0.103 e. The third kappa shape index (κ3) is 4.31. The Balaban J connectivity index is 1.75. The fraction of sp³-hybridized carbons (Fsp3) is 0.143. The second-order valence-electron chi connectivity index (χ2n) is 5.74. The summed E-state index contributed by atoms with van der Waals surface area (Å²) >= 11 is 0. The minimum Gasteiger partial charge on any atom is -0.324 e. The molecule has 0 aliphatic carbocycles. The molecule has 1 heteroatoms. The van der Waals surface area contributed by atoms with Crippen molar-refractivity contribution < 1.29 is 4.90 Å². The van der Waals surface area contributed by atoms with Crippen molar-refractivity contribution >= 4 is 0 Å². The number of nitrogens with one attached hydrogen (secondary N) is 1. The van der Waals surface area contributed by atoms with Crippen LogP contribution in [0.25, 0.3) is 0 Å². The molecule has 3 aromatic rings. The largest absolute Gasteiger partial charge is 0.324 e. The van der Waals surface area contributed by atoms with E-state index in [0.29, 0.717) is 0 Å². The molecule has 0 unspecified atom stereocenters. The minimum atomic E-state index is 1.05. The molecule has 0 atom stereocenters. The monoisotopic (exact) mass is 288 g/mol. The Kier molecular flexibility index (Phi) is 5.01. The van der Waals surface area contributed by atoms with Crippen molar-refractivity contribution in [2.24, 2.45) is 0 Å². The zero-order valence-corrected chi connectivity index (χ0v) is 12.8. The van der Waals surface area contributed by atoms with Crippen molar-refractivity contribution in [3.63, 3.8) is 0 Å². The maximum Gasteiger partial charge on any atom is 0.103 e. The first-order valence-corrected chi connectivity index (χ1v) is 7.85. The van der Waals surface area contributed by atoms with Crippen LogP contribution >= 0.6 is 0 Å². The highest BCUT2D eigenvalue weighted by atomic mass is 15.1. The fourth-order valence-electron chi connectivity index (χ4n) is 2.84. The molecule has 1 N–H and O–H groups in total. The zero-order chi connectivity index (χ0) is 15.0. The number of hydrogen-bond donors (Lipinski definition) is 1. The van der Waals surface area contributed by atoms with E-state index >= 15 is 0 Å². The van der Waals surface area contributed by atoms with Gasteiger partial charge in [-0.25, -0.2) is 0 Å². The van der Waals surface area contributed by atoms with Gasteiger partial charge in [-0.3, -0.25) is 0 Å². The van der Waals surface area contributed by atoms with Gasteiger partial charge in [-0.1, -0.05) is 91.0 Å². The molecule has 1 nitrogen and oxygen atoms in total. The van der Waals surface area contributed by atoms with E-state index < -0.39 is 0 Å². The molecule has 110 valence electrons. The Morgan fingerprint density at radius 3 is 0.955 bits per heavy atom. The minimum absolute atomic E-state index is 1.05. The number of rotatable bonds is 6. The van der Waals surface area contributed by atoms with Crippen LogP contribution < -0.4 is 4.90 Å². The van der Waals surface area contributed by atoms with Crippen LogP contribution in [0.5, 0.6) is 0 Å². The summed E-state index contributed by atoms with van der Waals surface area (Å²) in [6, 6.07) is 32.3. The summed E-state index contributed by atoms with van der Waals surface area (Å²) in [4.78, 5) is 1.56. The first kappa shape index (κ1) is 14.6. The maximum absolute atomic E-state index is 2.22. The SMILES string of the molecule is c1ccc(C[NH+](Cc2ccccc2)Cc2ccccc2)cc1. The summed E-state index contributed by atoms with van der Waals surface area (Å²) in [5.41, 5.74) is 4.18. The van der Waals surface area contributed by atoms with Gasteiger partial charge in [0.25, 0.3) is 0 Å².